The Hall–Kier alpha value is -2.08. The van der Waals surface area contributed by atoms with Crippen molar-refractivity contribution in [1.82, 2.24) is 15.3 Å². The highest BCUT2D eigenvalue weighted by Crippen LogP contribution is 2.25. The maximum atomic E-state index is 9.74. The van der Waals surface area contributed by atoms with Gasteiger partial charge < -0.3 is 10.4 Å². The molecule has 24 heavy (non-hydrogen) atoms. The molecule has 2 heterocycles. The Bertz CT molecular complexity index is 746. The summed E-state index contributed by atoms with van der Waals surface area (Å²) in [5, 5.41) is 14.2. The first-order valence-corrected chi connectivity index (χ1v) is 8.84. The molecule has 2 aromatic heterocycles. The van der Waals surface area contributed by atoms with E-state index in [0.717, 1.165) is 15.4 Å². The molecule has 2 atom stereocenters. The van der Waals surface area contributed by atoms with Crippen molar-refractivity contribution in [3.05, 3.63) is 71.5 Å². The zero-order valence-corrected chi connectivity index (χ0v) is 14.4. The summed E-state index contributed by atoms with van der Waals surface area (Å²) in [7, 11) is 0. The number of nitrogens with one attached hydrogen (secondary N) is 1. The summed E-state index contributed by atoms with van der Waals surface area (Å²) in [6.07, 6.45) is 5.47. The van der Waals surface area contributed by atoms with Gasteiger partial charge in [-0.3, -0.25) is 4.98 Å². The summed E-state index contributed by atoms with van der Waals surface area (Å²) in [6, 6.07) is 14.2. The van der Waals surface area contributed by atoms with Crippen molar-refractivity contribution in [2.24, 2.45) is 0 Å². The number of thiazole rings is 1. The molecule has 0 amide bonds. The summed E-state index contributed by atoms with van der Waals surface area (Å²) in [4.78, 5) is 9.75. The van der Waals surface area contributed by atoms with Crippen molar-refractivity contribution in [2.75, 3.05) is 6.61 Å². The van der Waals surface area contributed by atoms with E-state index in [0.29, 0.717) is 6.54 Å². The molecule has 4 nitrogen and oxygen atoms in total. The van der Waals surface area contributed by atoms with Gasteiger partial charge in [0.15, 0.2) is 0 Å². The van der Waals surface area contributed by atoms with Crippen LogP contribution in [0.1, 0.15) is 23.3 Å². The highest BCUT2D eigenvalue weighted by molar-refractivity contribution is 7.15. The van der Waals surface area contributed by atoms with Crippen LogP contribution in [0.2, 0.25) is 0 Å². The number of aliphatic hydroxyl groups is 1. The van der Waals surface area contributed by atoms with Crippen LogP contribution >= 0.6 is 11.3 Å². The van der Waals surface area contributed by atoms with Gasteiger partial charge in [-0.05, 0) is 23.6 Å². The molecular formula is C19H21N3OS. The van der Waals surface area contributed by atoms with Gasteiger partial charge in [0.05, 0.1) is 6.61 Å². The van der Waals surface area contributed by atoms with E-state index in [1.54, 1.807) is 17.5 Å². The SMILES string of the molecule is C[C@H](c1ccccc1)[C@H](CO)NCc1cnc(-c2cccnc2)s1. The van der Waals surface area contributed by atoms with E-state index in [1.165, 1.54) is 5.56 Å². The lowest BCUT2D eigenvalue weighted by Crippen LogP contribution is -2.36. The van der Waals surface area contributed by atoms with Gasteiger partial charge >= 0.3 is 0 Å². The third kappa shape index (κ3) is 4.06. The molecule has 5 heteroatoms. The van der Waals surface area contributed by atoms with Gasteiger partial charge in [-0.15, -0.1) is 11.3 Å². The summed E-state index contributed by atoms with van der Waals surface area (Å²) in [6.45, 7) is 2.93. The highest BCUT2D eigenvalue weighted by atomic mass is 32.1. The third-order valence-corrected chi connectivity index (χ3v) is 5.17. The smallest absolute Gasteiger partial charge is 0.125 e. The molecule has 3 rings (SSSR count). The Kier molecular flexibility index (Phi) is 5.69. The largest absolute Gasteiger partial charge is 0.395 e. The molecule has 0 radical (unpaired) electrons. The zero-order valence-electron chi connectivity index (χ0n) is 13.6. The average Bonchev–Trinajstić information content (AvgIpc) is 3.12. The van der Waals surface area contributed by atoms with Crippen molar-refractivity contribution in [3.8, 4) is 10.6 Å². The molecule has 2 N–H and O–H groups in total. The molecule has 0 fully saturated rings. The second-order valence-corrected chi connectivity index (χ2v) is 6.86. The number of hydrogen-bond donors (Lipinski definition) is 2. The molecule has 124 valence electrons. The molecule has 0 saturated heterocycles. The van der Waals surface area contributed by atoms with Crippen molar-refractivity contribution >= 4 is 11.3 Å². The lowest BCUT2D eigenvalue weighted by atomic mass is 9.94. The number of nitrogens with zero attached hydrogens (tertiary/aromatic N) is 2. The third-order valence-electron chi connectivity index (χ3n) is 4.13. The molecule has 0 aliphatic carbocycles. The molecule has 0 aliphatic heterocycles. The molecule has 0 saturated carbocycles. The first-order valence-electron chi connectivity index (χ1n) is 8.02. The van der Waals surface area contributed by atoms with Crippen LogP contribution in [0.4, 0.5) is 0 Å². The Morgan fingerprint density at radius 3 is 2.67 bits per heavy atom. The molecule has 0 spiro atoms. The zero-order chi connectivity index (χ0) is 16.8. The minimum Gasteiger partial charge on any atom is -0.395 e. The van der Waals surface area contributed by atoms with Crippen LogP contribution in [0.5, 0.6) is 0 Å². The maximum absolute atomic E-state index is 9.74. The molecule has 0 bridgehead atoms. The van der Waals surface area contributed by atoms with Gasteiger partial charge in [-0.25, -0.2) is 4.98 Å². The molecule has 3 aromatic rings. The first-order chi connectivity index (χ1) is 11.8. The van der Waals surface area contributed by atoms with Crippen molar-refractivity contribution in [1.29, 1.82) is 0 Å². The predicted octanol–water partition coefficient (Wildman–Crippen LogP) is 3.46. The minimum absolute atomic E-state index is 0.0105. The Morgan fingerprint density at radius 1 is 1.12 bits per heavy atom. The van der Waals surface area contributed by atoms with Crippen LogP contribution in [0, 0.1) is 0 Å². The number of benzene rings is 1. The lowest BCUT2D eigenvalue weighted by Gasteiger charge is -2.23. The van der Waals surface area contributed by atoms with Gasteiger partial charge in [0.1, 0.15) is 5.01 Å². The fourth-order valence-electron chi connectivity index (χ4n) is 2.63. The van der Waals surface area contributed by atoms with E-state index in [1.807, 2.05) is 42.7 Å². The normalized spacial score (nSPS) is 13.6. The second-order valence-electron chi connectivity index (χ2n) is 5.74. The van der Waals surface area contributed by atoms with E-state index < -0.39 is 0 Å². The average molecular weight is 339 g/mol. The van der Waals surface area contributed by atoms with Gasteiger partial charge in [0.25, 0.3) is 0 Å². The van der Waals surface area contributed by atoms with Crippen molar-refractivity contribution < 1.29 is 5.11 Å². The Balaban J connectivity index is 1.63. The highest BCUT2D eigenvalue weighted by Gasteiger charge is 2.18. The fourth-order valence-corrected chi connectivity index (χ4v) is 3.49. The van der Waals surface area contributed by atoms with E-state index >= 15 is 0 Å². The number of rotatable bonds is 7. The number of hydrogen-bond acceptors (Lipinski definition) is 5. The predicted molar refractivity (Wildman–Crippen MR) is 97.9 cm³/mol. The summed E-state index contributed by atoms with van der Waals surface area (Å²) in [5.41, 5.74) is 2.26. The van der Waals surface area contributed by atoms with Crippen LogP contribution in [0.15, 0.2) is 61.1 Å². The quantitative estimate of drug-likeness (QED) is 0.692. The molecule has 0 aliphatic rings. The molecule has 0 unspecified atom stereocenters. The number of aromatic nitrogens is 2. The summed E-state index contributed by atoms with van der Waals surface area (Å²) in [5.74, 6) is 0.238. The number of aliphatic hydroxyl groups excluding tert-OH is 1. The molecular weight excluding hydrogens is 318 g/mol. The number of pyridine rings is 1. The van der Waals surface area contributed by atoms with E-state index in [2.05, 4.69) is 34.3 Å². The maximum Gasteiger partial charge on any atom is 0.125 e. The van der Waals surface area contributed by atoms with Gasteiger partial charge in [0, 0.05) is 41.6 Å². The lowest BCUT2D eigenvalue weighted by molar-refractivity contribution is 0.226. The van der Waals surface area contributed by atoms with Crippen LogP contribution in [0.3, 0.4) is 0 Å². The fraction of sp³-hybridized carbons (Fsp3) is 0.263. The minimum atomic E-state index is 0.0105. The van der Waals surface area contributed by atoms with E-state index in [9.17, 15) is 5.11 Å². The van der Waals surface area contributed by atoms with E-state index in [-0.39, 0.29) is 18.6 Å². The van der Waals surface area contributed by atoms with Gasteiger partial charge in [-0.1, -0.05) is 37.3 Å². The first kappa shape index (κ1) is 16.8. The Morgan fingerprint density at radius 2 is 1.96 bits per heavy atom. The van der Waals surface area contributed by atoms with E-state index in [4.69, 9.17) is 0 Å². The van der Waals surface area contributed by atoms with Crippen LogP contribution < -0.4 is 5.32 Å². The second kappa shape index (κ2) is 8.15. The van der Waals surface area contributed by atoms with Gasteiger partial charge in [0.2, 0.25) is 0 Å². The summed E-state index contributed by atoms with van der Waals surface area (Å²) < 4.78 is 0. The Labute approximate surface area is 146 Å². The van der Waals surface area contributed by atoms with Crippen LogP contribution in [0.25, 0.3) is 10.6 Å². The topological polar surface area (TPSA) is 58.0 Å². The van der Waals surface area contributed by atoms with Crippen molar-refractivity contribution in [2.45, 2.75) is 25.4 Å². The summed E-state index contributed by atoms with van der Waals surface area (Å²) >= 11 is 1.65. The standard InChI is InChI=1S/C19H21N3OS/c1-14(15-6-3-2-4-7-15)18(13-23)21-11-17-12-22-19(24-17)16-8-5-9-20-10-16/h2-10,12,14,18,21,23H,11,13H2,1H3/t14-,18+/m1/s1. The van der Waals surface area contributed by atoms with Crippen LogP contribution in [-0.2, 0) is 6.54 Å². The van der Waals surface area contributed by atoms with Crippen molar-refractivity contribution in [3.63, 3.8) is 0 Å². The monoisotopic (exact) mass is 339 g/mol. The molecule has 1 aromatic carbocycles. The van der Waals surface area contributed by atoms with Gasteiger partial charge in [-0.2, -0.15) is 0 Å². The van der Waals surface area contributed by atoms with Crippen LogP contribution in [-0.4, -0.2) is 27.7 Å².